The molecule has 1 aliphatic rings. The van der Waals surface area contributed by atoms with Gasteiger partial charge >= 0.3 is 12.1 Å². The van der Waals surface area contributed by atoms with E-state index in [0.29, 0.717) is 24.0 Å². The predicted octanol–water partition coefficient (Wildman–Crippen LogP) is 4.57. The molecule has 0 radical (unpaired) electrons. The maximum atomic E-state index is 14.1. The van der Waals surface area contributed by atoms with Gasteiger partial charge in [0.25, 0.3) is 0 Å². The van der Waals surface area contributed by atoms with Crippen molar-refractivity contribution in [3.63, 3.8) is 0 Å². The Morgan fingerprint density at radius 2 is 2.07 bits per heavy atom. The second-order valence-electron chi connectivity index (χ2n) is 7.65. The second kappa shape index (κ2) is 7.62. The number of fused-ring (bicyclic) bond motifs is 1. The molecule has 0 bridgehead atoms. The summed E-state index contributed by atoms with van der Waals surface area (Å²) in [5, 5.41) is 0. The van der Waals surface area contributed by atoms with Crippen LogP contribution < -0.4 is 0 Å². The van der Waals surface area contributed by atoms with E-state index in [1.54, 1.807) is 32.9 Å². The minimum Gasteiger partial charge on any atom is -0.467 e. The number of ether oxygens (including phenoxy) is 2. The fourth-order valence-electron chi connectivity index (χ4n) is 3.70. The van der Waals surface area contributed by atoms with E-state index in [-0.39, 0.29) is 10.4 Å². The third-order valence-electron chi connectivity index (χ3n) is 4.76. The molecule has 0 heterocycles. The SMILES string of the molecule is C=CC[C@H]1Cc2cc(F)c(Br)cc2[C@]1(C(=O)OC)N(C)C(=O)OC(C)(C)C. The first kappa shape index (κ1) is 21.4. The van der Waals surface area contributed by atoms with Gasteiger partial charge in [-0.2, -0.15) is 0 Å². The number of halogens is 2. The van der Waals surface area contributed by atoms with Crippen molar-refractivity contribution in [2.45, 2.75) is 44.8 Å². The molecule has 148 valence electrons. The predicted molar refractivity (Wildman–Crippen MR) is 104 cm³/mol. The number of nitrogens with zero attached hydrogens (tertiary/aromatic N) is 1. The number of carbonyl (C=O) groups excluding carboxylic acids is 2. The fourth-order valence-corrected chi connectivity index (χ4v) is 4.04. The molecule has 0 saturated carbocycles. The summed E-state index contributed by atoms with van der Waals surface area (Å²) in [6.07, 6.45) is 1.88. The molecule has 0 unspecified atom stereocenters. The molecule has 27 heavy (non-hydrogen) atoms. The summed E-state index contributed by atoms with van der Waals surface area (Å²) >= 11 is 3.18. The Morgan fingerprint density at radius 3 is 2.59 bits per heavy atom. The highest BCUT2D eigenvalue weighted by Crippen LogP contribution is 2.49. The third kappa shape index (κ3) is 3.74. The zero-order valence-electron chi connectivity index (χ0n) is 16.3. The summed E-state index contributed by atoms with van der Waals surface area (Å²) < 4.78 is 24.9. The summed E-state index contributed by atoms with van der Waals surface area (Å²) in [4.78, 5) is 27.2. The van der Waals surface area contributed by atoms with Gasteiger partial charge in [-0.3, -0.25) is 4.90 Å². The molecular formula is C20H25BrFNO4. The Hall–Kier alpha value is -1.89. The smallest absolute Gasteiger partial charge is 0.411 e. The Morgan fingerprint density at radius 1 is 1.44 bits per heavy atom. The Kier molecular flexibility index (Phi) is 6.04. The Balaban J connectivity index is 2.70. The lowest BCUT2D eigenvalue weighted by Crippen LogP contribution is -2.57. The van der Waals surface area contributed by atoms with Gasteiger partial charge in [0.1, 0.15) is 11.4 Å². The molecule has 0 aromatic heterocycles. The number of hydrogen-bond donors (Lipinski definition) is 0. The number of carbonyl (C=O) groups is 2. The molecule has 1 amide bonds. The summed E-state index contributed by atoms with van der Waals surface area (Å²) in [6.45, 7) is 9.01. The molecule has 2 atom stereocenters. The van der Waals surface area contributed by atoms with Crippen LogP contribution in [0.5, 0.6) is 0 Å². The molecular weight excluding hydrogens is 417 g/mol. The number of methoxy groups -OCH3 is 1. The van der Waals surface area contributed by atoms with E-state index in [2.05, 4.69) is 22.5 Å². The van der Waals surface area contributed by atoms with Gasteiger partial charge in [0.05, 0.1) is 11.6 Å². The lowest BCUT2D eigenvalue weighted by atomic mass is 9.80. The molecule has 1 aromatic rings. The van der Waals surface area contributed by atoms with Crippen LogP contribution in [0.4, 0.5) is 9.18 Å². The first-order chi connectivity index (χ1) is 12.5. The molecule has 1 aromatic carbocycles. The van der Waals surface area contributed by atoms with Gasteiger partial charge in [-0.15, -0.1) is 6.58 Å². The number of benzene rings is 1. The minimum atomic E-state index is -1.43. The average Bonchev–Trinajstić information content (AvgIpc) is 2.86. The number of esters is 1. The normalized spacial score (nSPS) is 21.4. The molecule has 2 rings (SSSR count). The van der Waals surface area contributed by atoms with Crippen molar-refractivity contribution >= 4 is 28.0 Å². The highest BCUT2D eigenvalue weighted by Gasteiger charge is 2.58. The summed E-state index contributed by atoms with van der Waals surface area (Å²) in [6, 6.07) is 2.94. The molecule has 0 aliphatic heterocycles. The highest BCUT2D eigenvalue weighted by molar-refractivity contribution is 9.10. The number of hydrogen-bond acceptors (Lipinski definition) is 4. The van der Waals surface area contributed by atoms with Crippen LogP contribution >= 0.6 is 15.9 Å². The van der Waals surface area contributed by atoms with Crippen molar-refractivity contribution in [3.05, 3.63) is 46.2 Å². The topological polar surface area (TPSA) is 55.8 Å². The van der Waals surface area contributed by atoms with E-state index in [1.165, 1.54) is 25.1 Å². The van der Waals surface area contributed by atoms with E-state index in [9.17, 15) is 14.0 Å². The number of likely N-dealkylation sites (N-methyl/N-ethyl adjacent to an activating group) is 1. The highest BCUT2D eigenvalue weighted by atomic mass is 79.9. The monoisotopic (exact) mass is 441 g/mol. The zero-order valence-corrected chi connectivity index (χ0v) is 17.9. The maximum absolute atomic E-state index is 14.1. The van der Waals surface area contributed by atoms with E-state index < -0.39 is 29.0 Å². The lowest BCUT2D eigenvalue weighted by molar-refractivity contribution is -0.158. The lowest BCUT2D eigenvalue weighted by Gasteiger charge is -2.41. The van der Waals surface area contributed by atoms with Gasteiger partial charge in [-0.25, -0.2) is 14.0 Å². The largest absolute Gasteiger partial charge is 0.467 e. The van der Waals surface area contributed by atoms with Crippen molar-refractivity contribution < 1.29 is 23.5 Å². The van der Waals surface area contributed by atoms with Crippen molar-refractivity contribution in [1.82, 2.24) is 4.90 Å². The number of rotatable bonds is 4. The molecule has 0 spiro atoms. The molecule has 0 N–H and O–H groups in total. The van der Waals surface area contributed by atoms with Crippen LogP contribution in [0.1, 0.15) is 38.3 Å². The van der Waals surface area contributed by atoms with Crippen LogP contribution in [-0.2, 0) is 26.2 Å². The molecule has 1 aliphatic carbocycles. The van der Waals surface area contributed by atoms with Crippen LogP contribution in [0.3, 0.4) is 0 Å². The van der Waals surface area contributed by atoms with Crippen LogP contribution in [0.25, 0.3) is 0 Å². The van der Waals surface area contributed by atoms with Gasteiger partial charge in [-0.1, -0.05) is 6.08 Å². The summed E-state index contributed by atoms with van der Waals surface area (Å²) in [5.74, 6) is -1.38. The molecule has 7 heteroatoms. The van der Waals surface area contributed by atoms with Gasteiger partial charge < -0.3 is 9.47 Å². The maximum Gasteiger partial charge on any atom is 0.411 e. The van der Waals surface area contributed by atoms with Crippen molar-refractivity contribution in [3.8, 4) is 0 Å². The standard InChI is InChI=1S/C20H25BrFNO4/c1-7-8-13-9-12-10-16(22)15(21)11-14(12)20(13,17(24)26-6)23(5)18(25)27-19(2,3)4/h7,10-11,13H,1,8-9H2,2-6H3/t13-,20+/m0/s1. The minimum absolute atomic E-state index is 0.214. The molecule has 0 fully saturated rings. The fraction of sp³-hybridized carbons (Fsp3) is 0.500. The van der Waals surface area contributed by atoms with Crippen molar-refractivity contribution in [1.29, 1.82) is 0 Å². The molecule has 0 saturated heterocycles. The summed E-state index contributed by atoms with van der Waals surface area (Å²) in [5.41, 5.74) is -0.982. The van der Waals surface area contributed by atoms with Crippen LogP contribution in [-0.4, -0.2) is 36.7 Å². The van der Waals surface area contributed by atoms with Gasteiger partial charge in [0.2, 0.25) is 0 Å². The van der Waals surface area contributed by atoms with E-state index >= 15 is 0 Å². The van der Waals surface area contributed by atoms with Crippen LogP contribution in [0.15, 0.2) is 29.3 Å². The van der Waals surface area contributed by atoms with E-state index in [0.717, 1.165) is 0 Å². The van der Waals surface area contributed by atoms with Crippen LogP contribution in [0, 0.1) is 11.7 Å². The quantitative estimate of drug-likeness (QED) is 0.507. The van der Waals surface area contributed by atoms with E-state index in [1.807, 2.05) is 0 Å². The molecule has 5 nitrogen and oxygen atoms in total. The Bertz CT molecular complexity index is 774. The van der Waals surface area contributed by atoms with Crippen molar-refractivity contribution in [2.24, 2.45) is 5.92 Å². The number of amides is 1. The van der Waals surface area contributed by atoms with E-state index in [4.69, 9.17) is 9.47 Å². The van der Waals surface area contributed by atoms with Crippen LogP contribution in [0.2, 0.25) is 0 Å². The van der Waals surface area contributed by atoms with Gasteiger partial charge in [-0.05, 0) is 72.8 Å². The van der Waals surface area contributed by atoms with Gasteiger partial charge in [0.15, 0.2) is 5.54 Å². The third-order valence-corrected chi connectivity index (χ3v) is 5.37. The average molecular weight is 442 g/mol. The zero-order chi connectivity index (χ0) is 20.6. The number of allylic oxidation sites excluding steroid dienone is 1. The van der Waals surface area contributed by atoms with Gasteiger partial charge in [0, 0.05) is 13.0 Å². The summed E-state index contributed by atoms with van der Waals surface area (Å²) in [7, 11) is 2.78. The Labute approximate surface area is 167 Å². The van der Waals surface area contributed by atoms with Crippen molar-refractivity contribution in [2.75, 3.05) is 14.2 Å². The second-order valence-corrected chi connectivity index (χ2v) is 8.50. The first-order valence-corrected chi connectivity index (χ1v) is 9.42. The first-order valence-electron chi connectivity index (χ1n) is 8.63.